The molecule has 4 N–H and O–H groups in total. The van der Waals surface area contributed by atoms with Crippen molar-refractivity contribution in [2.75, 3.05) is 0 Å². The minimum atomic E-state index is -0.663. The topological polar surface area (TPSA) is 157 Å². The highest BCUT2D eigenvalue weighted by molar-refractivity contribution is 6.06. The van der Waals surface area contributed by atoms with Gasteiger partial charge in [-0.3, -0.25) is 34.5 Å². The molecular weight excluding hydrogens is 502 g/mol. The van der Waals surface area contributed by atoms with Gasteiger partial charge in [0.25, 0.3) is 5.91 Å². The first-order valence-corrected chi connectivity index (χ1v) is 13.0. The molecule has 0 bridgehead atoms. The number of nitrogens with zero attached hydrogens (tertiary/aromatic N) is 2. The van der Waals surface area contributed by atoms with Crippen molar-refractivity contribution in [1.29, 1.82) is 0 Å². The molecule has 39 heavy (non-hydrogen) atoms. The molecule has 11 heteroatoms. The number of rotatable bonds is 11. The van der Waals surface area contributed by atoms with Crippen LogP contribution in [0.5, 0.6) is 0 Å². The van der Waals surface area contributed by atoms with E-state index < -0.39 is 17.9 Å². The number of carbonyl (C=O) groups is 5. The largest absolute Gasteiger partial charge is 0.322 e. The lowest BCUT2D eigenvalue weighted by Crippen LogP contribution is -2.52. The van der Waals surface area contributed by atoms with Crippen molar-refractivity contribution < 1.29 is 29.2 Å². The van der Waals surface area contributed by atoms with Gasteiger partial charge in [-0.1, -0.05) is 49.2 Å². The van der Waals surface area contributed by atoms with E-state index in [0.29, 0.717) is 37.8 Å². The molecule has 1 saturated heterocycles. The molecule has 0 aromatic heterocycles. The van der Waals surface area contributed by atoms with Crippen molar-refractivity contribution >= 4 is 35.8 Å². The summed E-state index contributed by atoms with van der Waals surface area (Å²) in [7, 11) is 0. The van der Waals surface area contributed by atoms with E-state index >= 15 is 0 Å². The minimum Gasteiger partial charge on any atom is -0.322 e. The lowest BCUT2D eigenvalue weighted by Gasteiger charge is -2.29. The first kappa shape index (κ1) is 27.6. The Hall–Kier alpha value is -4.38. The standard InChI is InChI=1S/C28H31N5O6/c34-24-15-14-23(27(37)30-24)33-17-22-20(6-5-7-21(22)28(33)38)19-12-10-18(11-13-19)16-29-31-25(35)8-3-1-2-4-9-26(36)32-39/h5-7,10-13,16,23,39H,1-4,8-9,14-15,17H2,(H,31,35)(H,32,36)(H,30,34,37)/b29-16+. The number of hydroxylamine groups is 1. The number of fused-ring (bicyclic) bond motifs is 1. The van der Waals surface area contributed by atoms with Gasteiger partial charge in [0, 0.05) is 31.4 Å². The maximum Gasteiger partial charge on any atom is 0.255 e. The summed E-state index contributed by atoms with van der Waals surface area (Å²) >= 11 is 0. The van der Waals surface area contributed by atoms with Crippen LogP contribution in [0.15, 0.2) is 47.6 Å². The predicted octanol–water partition coefficient (Wildman–Crippen LogP) is 2.41. The van der Waals surface area contributed by atoms with Crippen LogP contribution in [0.3, 0.4) is 0 Å². The number of amides is 5. The molecule has 2 aliphatic rings. The van der Waals surface area contributed by atoms with E-state index in [4.69, 9.17) is 5.21 Å². The normalized spacial score (nSPS) is 16.8. The van der Waals surface area contributed by atoms with Crippen molar-refractivity contribution in [2.45, 2.75) is 64.0 Å². The molecule has 1 fully saturated rings. The summed E-state index contributed by atoms with van der Waals surface area (Å²) in [4.78, 5) is 61.4. The first-order chi connectivity index (χ1) is 18.9. The Balaban J connectivity index is 1.30. The molecule has 204 valence electrons. The SMILES string of the molecule is O=C(CCCCCCC(=O)N/N=C/c1ccc(-c2cccc3c2CN(C2CCC(=O)NC2=O)C3=O)cc1)NO. The fourth-order valence-corrected chi connectivity index (χ4v) is 4.82. The van der Waals surface area contributed by atoms with E-state index in [0.717, 1.165) is 35.1 Å². The van der Waals surface area contributed by atoms with Gasteiger partial charge in [-0.25, -0.2) is 10.9 Å². The van der Waals surface area contributed by atoms with Crippen LogP contribution in [0.2, 0.25) is 0 Å². The monoisotopic (exact) mass is 533 g/mol. The molecule has 5 amide bonds. The summed E-state index contributed by atoms with van der Waals surface area (Å²) in [6, 6.07) is 12.4. The van der Waals surface area contributed by atoms with Crippen molar-refractivity contribution in [1.82, 2.24) is 21.1 Å². The Bertz CT molecular complexity index is 1290. The van der Waals surface area contributed by atoms with E-state index in [1.807, 2.05) is 36.4 Å². The zero-order chi connectivity index (χ0) is 27.8. The second-order valence-electron chi connectivity index (χ2n) is 9.60. The fourth-order valence-electron chi connectivity index (χ4n) is 4.82. The van der Waals surface area contributed by atoms with Gasteiger partial charge in [0.05, 0.1) is 6.21 Å². The lowest BCUT2D eigenvalue weighted by molar-refractivity contribution is -0.137. The third-order valence-corrected chi connectivity index (χ3v) is 6.89. The summed E-state index contributed by atoms with van der Waals surface area (Å²) in [6.45, 7) is 0.295. The van der Waals surface area contributed by atoms with Gasteiger partial charge in [-0.2, -0.15) is 5.10 Å². The second-order valence-corrected chi connectivity index (χ2v) is 9.60. The third-order valence-electron chi connectivity index (χ3n) is 6.89. The van der Waals surface area contributed by atoms with Crippen molar-refractivity contribution in [3.63, 3.8) is 0 Å². The fraction of sp³-hybridized carbons (Fsp3) is 0.357. The molecule has 0 saturated carbocycles. The van der Waals surface area contributed by atoms with Crippen molar-refractivity contribution in [2.24, 2.45) is 5.10 Å². The van der Waals surface area contributed by atoms with Crippen LogP contribution in [0.25, 0.3) is 11.1 Å². The number of nitrogens with one attached hydrogen (secondary N) is 3. The number of hydrazone groups is 1. The number of imide groups is 1. The average molecular weight is 534 g/mol. The number of hydrogen-bond donors (Lipinski definition) is 4. The summed E-state index contributed by atoms with van der Waals surface area (Å²) in [5, 5.41) is 14.8. The van der Waals surface area contributed by atoms with Gasteiger partial charge in [0.1, 0.15) is 6.04 Å². The maximum atomic E-state index is 13.1. The van der Waals surface area contributed by atoms with E-state index in [1.165, 1.54) is 4.90 Å². The van der Waals surface area contributed by atoms with Crippen LogP contribution in [0.1, 0.15) is 72.9 Å². The molecule has 2 heterocycles. The molecule has 2 aliphatic heterocycles. The summed E-state index contributed by atoms with van der Waals surface area (Å²) in [5.41, 5.74) is 8.10. The van der Waals surface area contributed by atoms with Crippen LogP contribution >= 0.6 is 0 Å². The quantitative estimate of drug-likeness (QED) is 0.114. The van der Waals surface area contributed by atoms with Gasteiger partial charge < -0.3 is 4.90 Å². The van der Waals surface area contributed by atoms with Crippen LogP contribution in [-0.4, -0.2) is 51.9 Å². The van der Waals surface area contributed by atoms with Crippen LogP contribution < -0.4 is 16.2 Å². The summed E-state index contributed by atoms with van der Waals surface area (Å²) in [5.74, 6) is -1.57. The van der Waals surface area contributed by atoms with E-state index in [-0.39, 0.29) is 30.6 Å². The Morgan fingerprint density at radius 3 is 2.36 bits per heavy atom. The van der Waals surface area contributed by atoms with E-state index in [9.17, 15) is 24.0 Å². The number of hydrogen-bond acceptors (Lipinski definition) is 7. The van der Waals surface area contributed by atoms with E-state index in [1.54, 1.807) is 17.8 Å². The van der Waals surface area contributed by atoms with Gasteiger partial charge in [-0.15, -0.1) is 0 Å². The highest BCUT2D eigenvalue weighted by Gasteiger charge is 2.39. The van der Waals surface area contributed by atoms with Crippen LogP contribution in [-0.2, 0) is 25.7 Å². The average Bonchev–Trinajstić information content (AvgIpc) is 3.27. The first-order valence-electron chi connectivity index (χ1n) is 13.0. The molecule has 0 spiro atoms. The Morgan fingerprint density at radius 2 is 1.67 bits per heavy atom. The number of carbonyl (C=O) groups excluding carboxylic acids is 5. The Labute approximate surface area is 225 Å². The van der Waals surface area contributed by atoms with Crippen LogP contribution in [0, 0.1) is 0 Å². The highest BCUT2D eigenvalue weighted by atomic mass is 16.5. The molecule has 1 unspecified atom stereocenters. The van der Waals surface area contributed by atoms with Gasteiger partial charge in [-0.05, 0) is 47.6 Å². The van der Waals surface area contributed by atoms with Crippen molar-refractivity contribution in [3.05, 3.63) is 59.2 Å². The molecule has 0 aliphatic carbocycles. The summed E-state index contributed by atoms with van der Waals surface area (Å²) in [6.07, 6.45) is 5.61. The summed E-state index contributed by atoms with van der Waals surface area (Å²) < 4.78 is 0. The number of unbranched alkanes of at least 4 members (excludes halogenated alkanes) is 3. The molecule has 11 nitrogen and oxygen atoms in total. The molecular formula is C28H31N5O6. The molecule has 1 atom stereocenters. The molecule has 2 aromatic rings. The Morgan fingerprint density at radius 1 is 0.974 bits per heavy atom. The van der Waals surface area contributed by atoms with Gasteiger partial charge in [0.15, 0.2) is 0 Å². The van der Waals surface area contributed by atoms with Crippen molar-refractivity contribution in [3.8, 4) is 11.1 Å². The predicted molar refractivity (Wildman–Crippen MR) is 141 cm³/mol. The number of benzene rings is 2. The smallest absolute Gasteiger partial charge is 0.255 e. The highest BCUT2D eigenvalue weighted by Crippen LogP contribution is 2.34. The zero-order valence-corrected chi connectivity index (χ0v) is 21.4. The maximum absolute atomic E-state index is 13.1. The molecule has 4 rings (SSSR count). The lowest BCUT2D eigenvalue weighted by atomic mass is 9.96. The zero-order valence-electron chi connectivity index (χ0n) is 21.4. The Kier molecular flexibility index (Phi) is 9.16. The third kappa shape index (κ3) is 6.94. The van der Waals surface area contributed by atoms with Crippen LogP contribution in [0.4, 0.5) is 0 Å². The number of piperidine rings is 1. The van der Waals surface area contributed by atoms with E-state index in [2.05, 4.69) is 15.8 Å². The second kappa shape index (κ2) is 12.9. The van der Waals surface area contributed by atoms with Gasteiger partial charge in [0.2, 0.25) is 23.6 Å². The molecule has 0 radical (unpaired) electrons. The van der Waals surface area contributed by atoms with Gasteiger partial charge >= 0.3 is 0 Å². The molecule has 2 aromatic carbocycles. The minimum absolute atomic E-state index is 0.193.